The number of nitrogens with two attached hydrogens (primary N) is 1. The molecule has 0 aliphatic rings. The standard InChI is InChI=1S/C26H21Cl2F3N6O4/c1-3-19(25(40)33-14-5-6-15(24(32)39)18(28)9-14)36-11-21(41-2)17(10-23(36)38)16-8-13(27)4-7-20(16)37-12-22(34-35-37)26(29,30)31/h4-12,19H,3H2,1-2H3,(H2,32,39)(H,33,40)/t19-/m0/s1. The van der Waals surface area contributed by atoms with Crippen LogP contribution in [0.5, 0.6) is 5.75 Å². The molecule has 0 aliphatic heterocycles. The van der Waals surface area contributed by atoms with E-state index >= 15 is 0 Å². The smallest absolute Gasteiger partial charge is 0.436 e. The predicted octanol–water partition coefficient (Wildman–Crippen LogP) is 5.12. The van der Waals surface area contributed by atoms with Gasteiger partial charge in [-0.05, 0) is 42.8 Å². The van der Waals surface area contributed by atoms with Crippen molar-refractivity contribution in [1.29, 1.82) is 0 Å². The van der Waals surface area contributed by atoms with Crippen LogP contribution in [0.1, 0.15) is 35.4 Å². The second-order valence-electron chi connectivity index (χ2n) is 8.68. The van der Waals surface area contributed by atoms with E-state index in [2.05, 4.69) is 15.6 Å². The van der Waals surface area contributed by atoms with Crippen LogP contribution >= 0.6 is 23.2 Å². The average molecular weight is 609 g/mol. The van der Waals surface area contributed by atoms with Crippen LogP contribution in [0.3, 0.4) is 0 Å². The SMILES string of the molecule is CC[C@@H](C(=O)Nc1ccc(C(N)=O)c(Cl)c1)n1cc(OC)c(-c2cc(Cl)ccc2-n2cc(C(F)(F)F)nn2)cc1=O. The highest BCUT2D eigenvalue weighted by atomic mass is 35.5. The molecule has 0 radical (unpaired) electrons. The molecule has 2 aromatic heterocycles. The fourth-order valence-electron chi connectivity index (χ4n) is 4.11. The molecule has 41 heavy (non-hydrogen) atoms. The summed E-state index contributed by atoms with van der Waals surface area (Å²) < 4.78 is 47.0. The van der Waals surface area contributed by atoms with Crippen molar-refractivity contribution in [3.05, 3.63) is 86.5 Å². The molecule has 2 amide bonds. The molecule has 2 heterocycles. The van der Waals surface area contributed by atoms with Gasteiger partial charge in [-0.15, -0.1) is 5.10 Å². The Morgan fingerprint density at radius 1 is 1.10 bits per heavy atom. The van der Waals surface area contributed by atoms with Crippen molar-refractivity contribution < 1.29 is 27.5 Å². The molecule has 0 spiro atoms. The summed E-state index contributed by atoms with van der Waals surface area (Å²) in [6.45, 7) is 1.69. The zero-order valence-corrected chi connectivity index (χ0v) is 22.9. The molecule has 214 valence electrons. The second-order valence-corrected chi connectivity index (χ2v) is 9.52. The lowest BCUT2D eigenvalue weighted by Crippen LogP contribution is -2.32. The number of aromatic nitrogens is 4. The molecular formula is C26H21Cl2F3N6O4. The lowest BCUT2D eigenvalue weighted by molar-refractivity contribution is -0.141. The number of rotatable bonds is 8. The van der Waals surface area contributed by atoms with Crippen molar-refractivity contribution in [3.8, 4) is 22.6 Å². The van der Waals surface area contributed by atoms with E-state index in [9.17, 15) is 27.6 Å². The number of primary amides is 1. The Morgan fingerprint density at radius 3 is 2.41 bits per heavy atom. The number of ether oxygens (including phenoxy) is 1. The number of pyridine rings is 1. The highest BCUT2D eigenvalue weighted by Gasteiger charge is 2.35. The zero-order valence-electron chi connectivity index (χ0n) is 21.4. The quantitative estimate of drug-likeness (QED) is 0.285. The number of nitrogens with one attached hydrogen (secondary N) is 1. The number of hydrogen-bond donors (Lipinski definition) is 2. The first-order valence-corrected chi connectivity index (χ1v) is 12.6. The van der Waals surface area contributed by atoms with E-state index in [-0.39, 0.29) is 50.3 Å². The Labute approximate surface area is 240 Å². The van der Waals surface area contributed by atoms with E-state index in [4.69, 9.17) is 33.7 Å². The first-order valence-electron chi connectivity index (χ1n) is 11.8. The summed E-state index contributed by atoms with van der Waals surface area (Å²) in [5.74, 6) is -1.16. The molecule has 0 aliphatic carbocycles. The molecule has 2 aromatic carbocycles. The summed E-state index contributed by atoms with van der Waals surface area (Å²) >= 11 is 12.3. The maximum absolute atomic E-state index is 13.3. The Balaban J connectivity index is 1.74. The van der Waals surface area contributed by atoms with Crippen LogP contribution in [0.4, 0.5) is 18.9 Å². The summed E-state index contributed by atoms with van der Waals surface area (Å²) in [5.41, 5.74) is 4.37. The third kappa shape index (κ3) is 6.20. The Kier molecular flexibility index (Phi) is 8.40. The van der Waals surface area contributed by atoms with Crippen LogP contribution in [0.25, 0.3) is 16.8 Å². The first kappa shape index (κ1) is 29.6. The van der Waals surface area contributed by atoms with Gasteiger partial charge in [-0.3, -0.25) is 19.0 Å². The van der Waals surface area contributed by atoms with Crippen molar-refractivity contribution in [3.63, 3.8) is 0 Å². The molecule has 4 rings (SSSR count). The number of amides is 2. The van der Waals surface area contributed by atoms with E-state index in [0.717, 1.165) is 4.68 Å². The molecule has 0 fully saturated rings. The minimum absolute atomic E-state index is 0.0404. The minimum Gasteiger partial charge on any atom is -0.495 e. The largest absolute Gasteiger partial charge is 0.495 e. The number of carbonyl (C=O) groups excluding carboxylic acids is 2. The van der Waals surface area contributed by atoms with E-state index in [1.54, 1.807) is 6.92 Å². The highest BCUT2D eigenvalue weighted by Crippen LogP contribution is 2.36. The van der Waals surface area contributed by atoms with Gasteiger partial charge in [0.1, 0.15) is 11.8 Å². The van der Waals surface area contributed by atoms with Gasteiger partial charge in [0.05, 0.1) is 35.8 Å². The molecule has 0 unspecified atom stereocenters. The van der Waals surface area contributed by atoms with Gasteiger partial charge < -0.3 is 15.8 Å². The van der Waals surface area contributed by atoms with Crippen molar-refractivity contribution in [2.75, 3.05) is 12.4 Å². The van der Waals surface area contributed by atoms with Gasteiger partial charge in [-0.1, -0.05) is 35.3 Å². The van der Waals surface area contributed by atoms with Gasteiger partial charge >= 0.3 is 6.18 Å². The van der Waals surface area contributed by atoms with Gasteiger partial charge in [0.25, 0.3) is 5.56 Å². The van der Waals surface area contributed by atoms with Gasteiger partial charge in [-0.2, -0.15) is 13.2 Å². The predicted molar refractivity (Wildman–Crippen MR) is 146 cm³/mol. The van der Waals surface area contributed by atoms with Crippen LogP contribution in [0, 0.1) is 0 Å². The fourth-order valence-corrected chi connectivity index (χ4v) is 4.55. The minimum atomic E-state index is -4.71. The topological polar surface area (TPSA) is 134 Å². The van der Waals surface area contributed by atoms with Gasteiger partial charge in [0, 0.05) is 27.9 Å². The maximum Gasteiger partial charge on any atom is 0.436 e. The number of hydrogen-bond acceptors (Lipinski definition) is 6. The lowest BCUT2D eigenvalue weighted by Gasteiger charge is -2.21. The fraction of sp³-hybridized carbons (Fsp3) is 0.192. The molecule has 1 atom stereocenters. The highest BCUT2D eigenvalue weighted by molar-refractivity contribution is 6.34. The number of nitrogens with zero attached hydrogens (tertiary/aromatic N) is 4. The van der Waals surface area contributed by atoms with E-state index in [0.29, 0.717) is 6.20 Å². The number of halogens is 5. The molecule has 3 N–H and O–H groups in total. The number of anilines is 1. The summed E-state index contributed by atoms with van der Waals surface area (Å²) in [7, 11) is 1.33. The number of alkyl halides is 3. The summed E-state index contributed by atoms with van der Waals surface area (Å²) in [6.07, 6.45) is -2.49. The lowest BCUT2D eigenvalue weighted by atomic mass is 10.0. The van der Waals surface area contributed by atoms with Gasteiger partial charge in [0.2, 0.25) is 11.8 Å². The van der Waals surface area contributed by atoms with Crippen LogP contribution in [-0.2, 0) is 11.0 Å². The maximum atomic E-state index is 13.3. The molecule has 4 aromatic rings. The number of benzene rings is 2. The normalized spacial score (nSPS) is 12.2. The molecule has 15 heteroatoms. The van der Waals surface area contributed by atoms with Crippen LogP contribution < -0.4 is 21.3 Å². The number of carbonyl (C=O) groups is 2. The average Bonchev–Trinajstić information content (AvgIpc) is 3.40. The van der Waals surface area contributed by atoms with Gasteiger partial charge in [0.15, 0.2) is 5.69 Å². The molecule has 0 saturated carbocycles. The monoisotopic (exact) mass is 608 g/mol. The van der Waals surface area contributed by atoms with Gasteiger partial charge in [-0.25, -0.2) is 4.68 Å². The summed E-state index contributed by atoms with van der Waals surface area (Å²) in [6, 6.07) is 8.66. The third-order valence-electron chi connectivity index (χ3n) is 6.07. The van der Waals surface area contributed by atoms with Crippen LogP contribution in [0.2, 0.25) is 10.0 Å². The zero-order chi connectivity index (χ0) is 30.1. The molecule has 0 bridgehead atoms. The number of methoxy groups -OCH3 is 1. The van der Waals surface area contributed by atoms with Crippen molar-refractivity contribution in [2.45, 2.75) is 25.6 Å². The van der Waals surface area contributed by atoms with Crippen molar-refractivity contribution >= 4 is 40.7 Å². The van der Waals surface area contributed by atoms with Crippen molar-refractivity contribution in [2.24, 2.45) is 5.73 Å². The Morgan fingerprint density at radius 2 is 1.83 bits per heavy atom. The van der Waals surface area contributed by atoms with Crippen LogP contribution in [-0.4, -0.2) is 38.5 Å². The van der Waals surface area contributed by atoms with E-state index < -0.39 is 35.3 Å². The first-order chi connectivity index (χ1) is 19.3. The molecule has 10 nitrogen and oxygen atoms in total. The second kappa shape index (κ2) is 11.6. The molecule has 0 saturated heterocycles. The third-order valence-corrected chi connectivity index (χ3v) is 6.62. The summed E-state index contributed by atoms with van der Waals surface area (Å²) in [5, 5.41) is 9.70. The molecular weight excluding hydrogens is 588 g/mol. The van der Waals surface area contributed by atoms with E-state index in [1.165, 1.54) is 60.3 Å². The summed E-state index contributed by atoms with van der Waals surface area (Å²) in [4.78, 5) is 37.9. The Bertz CT molecular complexity index is 1700. The van der Waals surface area contributed by atoms with E-state index in [1.807, 2.05) is 0 Å². The van der Waals surface area contributed by atoms with Crippen LogP contribution in [0.15, 0.2) is 59.7 Å². The Hall–Kier alpha value is -4.36. The van der Waals surface area contributed by atoms with Crippen molar-refractivity contribution in [1.82, 2.24) is 19.6 Å².